The molecule has 1 unspecified atom stereocenters. The molecule has 0 aromatic heterocycles. The quantitative estimate of drug-likeness (QED) is 0.867. The first-order chi connectivity index (χ1) is 9.29. The lowest BCUT2D eigenvalue weighted by atomic mass is 10.1. The van der Waals surface area contributed by atoms with Crippen molar-refractivity contribution in [3.05, 3.63) is 28.2 Å². The number of rotatable bonds is 6. The molecule has 0 bridgehead atoms. The summed E-state index contributed by atoms with van der Waals surface area (Å²) in [5.74, 6) is 0.957. The topological polar surface area (TPSA) is 30.5 Å². The summed E-state index contributed by atoms with van der Waals surface area (Å²) in [5, 5.41) is 3.34. The normalized spacial score (nSPS) is 19.4. The van der Waals surface area contributed by atoms with Gasteiger partial charge in [-0.15, -0.1) is 0 Å². The van der Waals surface area contributed by atoms with Gasteiger partial charge in [0.1, 0.15) is 12.4 Å². The van der Waals surface area contributed by atoms with Crippen LogP contribution in [0.4, 0.5) is 0 Å². The summed E-state index contributed by atoms with van der Waals surface area (Å²) in [7, 11) is 0. The molecule has 0 amide bonds. The van der Waals surface area contributed by atoms with Crippen LogP contribution >= 0.6 is 15.9 Å². The molecule has 2 rings (SSSR count). The Morgan fingerprint density at radius 2 is 2.32 bits per heavy atom. The zero-order valence-corrected chi connectivity index (χ0v) is 13.0. The Hall–Kier alpha value is -0.580. The van der Waals surface area contributed by atoms with Gasteiger partial charge in [0.15, 0.2) is 0 Å². The lowest BCUT2D eigenvalue weighted by molar-refractivity contribution is -0.0112. The molecule has 1 aromatic rings. The van der Waals surface area contributed by atoms with E-state index in [9.17, 15) is 0 Å². The molecular weight excluding hydrogens is 306 g/mol. The first-order valence-corrected chi connectivity index (χ1v) is 7.82. The fraction of sp³-hybridized carbons (Fsp3) is 0.600. The van der Waals surface area contributed by atoms with Crippen LogP contribution in [-0.2, 0) is 11.3 Å². The summed E-state index contributed by atoms with van der Waals surface area (Å²) in [6, 6.07) is 6.16. The Bertz CT molecular complexity index is 392. The summed E-state index contributed by atoms with van der Waals surface area (Å²) in [6.45, 7) is 5.42. The van der Waals surface area contributed by atoms with Crippen molar-refractivity contribution in [2.45, 2.75) is 38.8 Å². The Kier molecular flexibility index (Phi) is 6.14. The van der Waals surface area contributed by atoms with E-state index in [2.05, 4.69) is 34.2 Å². The van der Waals surface area contributed by atoms with Crippen LogP contribution in [0.15, 0.2) is 22.7 Å². The van der Waals surface area contributed by atoms with Crippen molar-refractivity contribution in [3.8, 4) is 5.75 Å². The van der Waals surface area contributed by atoms with E-state index in [0.717, 1.165) is 36.3 Å². The van der Waals surface area contributed by atoms with Gasteiger partial charge in [-0.05, 0) is 44.0 Å². The second kappa shape index (κ2) is 7.88. The van der Waals surface area contributed by atoms with Crippen molar-refractivity contribution < 1.29 is 9.47 Å². The number of nitrogens with one attached hydrogen (secondary N) is 1. The van der Waals surface area contributed by atoms with Crippen LogP contribution in [0.5, 0.6) is 5.75 Å². The molecule has 1 aliphatic heterocycles. The molecule has 1 fully saturated rings. The first kappa shape index (κ1) is 14.8. The highest BCUT2D eigenvalue weighted by atomic mass is 79.9. The summed E-state index contributed by atoms with van der Waals surface area (Å²) >= 11 is 3.51. The van der Waals surface area contributed by atoms with Gasteiger partial charge in [0.2, 0.25) is 0 Å². The van der Waals surface area contributed by atoms with E-state index in [0.29, 0.717) is 6.61 Å². The maximum Gasteiger partial charge on any atom is 0.124 e. The highest BCUT2D eigenvalue weighted by Crippen LogP contribution is 2.24. The van der Waals surface area contributed by atoms with Crippen LogP contribution in [0.2, 0.25) is 0 Å². The smallest absolute Gasteiger partial charge is 0.124 e. The lowest BCUT2D eigenvalue weighted by Crippen LogP contribution is -2.26. The van der Waals surface area contributed by atoms with Crippen molar-refractivity contribution in [1.29, 1.82) is 0 Å². The number of halogens is 1. The minimum Gasteiger partial charge on any atom is -0.491 e. The van der Waals surface area contributed by atoms with Gasteiger partial charge >= 0.3 is 0 Å². The average Bonchev–Trinajstić information content (AvgIpc) is 2.45. The molecule has 3 nitrogen and oxygen atoms in total. The monoisotopic (exact) mass is 327 g/mol. The molecule has 106 valence electrons. The van der Waals surface area contributed by atoms with Crippen LogP contribution in [-0.4, -0.2) is 25.9 Å². The second-order valence-electron chi connectivity index (χ2n) is 4.83. The Morgan fingerprint density at radius 1 is 1.42 bits per heavy atom. The number of hydrogen-bond donors (Lipinski definition) is 1. The fourth-order valence-electron chi connectivity index (χ4n) is 2.21. The van der Waals surface area contributed by atoms with Gasteiger partial charge in [-0.1, -0.05) is 22.9 Å². The van der Waals surface area contributed by atoms with Crippen molar-refractivity contribution >= 4 is 15.9 Å². The fourth-order valence-corrected chi connectivity index (χ4v) is 2.62. The highest BCUT2D eigenvalue weighted by molar-refractivity contribution is 9.10. The molecule has 0 radical (unpaired) electrons. The zero-order valence-electron chi connectivity index (χ0n) is 11.5. The highest BCUT2D eigenvalue weighted by Gasteiger charge is 2.15. The summed E-state index contributed by atoms with van der Waals surface area (Å²) in [4.78, 5) is 0. The zero-order chi connectivity index (χ0) is 13.5. The Morgan fingerprint density at radius 3 is 3.05 bits per heavy atom. The minimum absolute atomic E-state index is 0.254. The molecule has 1 saturated heterocycles. The van der Waals surface area contributed by atoms with Crippen LogP contribution in [0.1, 0.15) is 31.7 Å². The van der Waals surface area contributed by atoms with E-state index in [1.54, 1.807) is 0 Å². The van der Waals surface area contributed by atoms with Gasteiger partial charge in [-0.25, -0.2) is 0 Å². The van der Waals surface area contributed by atoms with E-state index in [-0.39, 0.29) is 6.10 Å². The van der Waals surface area contributed by atoms with E-state index in [4.69, 9.17) is 9.47 Å². The summed E-state index contributed by atoms with van der Waals surface area (Å²) in [6.07, 6.45) is 3.79. The molecule has 1 N–H and O–H groups in total. The van der Waals surface area contributed by atoms with Crippen LogP contribution < -0.4 is 10.1 Å². The van der Waals surface area contributed by atoms with Gasteiger partial charge in [0, 0.05) is 23.2 Å². The summed E-state index contributed by atoms with van der Waals surface area (Å²) < 4.78 is 12.7. The molecule has 19 heavy (non-hydrogen) atoms. The van der Waals surface area contributed by atoms with Crippen molar-refractivity contribution in [2.75, 3.05) is 19.8 Å². The van der Waals surface area contributed by atoms with Gasteiger partial charge in [-0.3, -0.25) is 0 Å². The van der Waals surface area contributed by atoms with Crippen molar-refractivity contribution in [3.63, 3.8) is 0 Å². The molecule has 0 aliphatic carbocycles. The Balaban J connectivity index is 1.93. The third-order valence-electron chi connectivity index (χ3n) is 3.29. The van der Waals surface area contributed by atoms with E-state index in [1.165, 1.54) is 18.4 Å². The largest absolute Gasteiger partial charge is 0.491 e. The molecular formula is C15H22BrNO2. The molecule has 1 heterocycles. The van der Waals surface area contributed by atoms with Gasteiger partial charge in [-0.2, -0.15) is 0 Å². The molecule has 4 heteroatoms. The van der Waals surface area contributed by atoms with Gasteiger partial charge in [0.25, 0.3) is 0 Å². The van der Waals surface area contributed by atoms with E-state index < -0.39 is 0 Å². The predicted molar refractivity (Wildman–Crippen MR) is 80.6 cm³/mol. The lowest BCUT2D eigenvalue weighted by Gasteiger charge is -2.23. The third kappa shape index (κ3) is 4.79. The van der Waals surface area contributed by atoms with Crippen LogP contribution in [0, 0.1) is 0 Å². The van der Waals surface area contributed by atoms with Crippen LogP contribution in [0.25, 0.3) is 0 Å². The van der Waals surface area contributed by atoms with Gasteiger partial charge in [0.05, 0.1) is 6.10 Å². The van der Waals surface area contributed by atoms with E-state index >= 15 is 0 Å². The molecule has 1 aromatic carbocycles. The van der Waals surface area contributed by atoms with Crippen LogP contribution in [0.3, 0.4) is 0 Å². The second-order valence-corrected chi connectivity index (χ2v) is 5.75. The van der Waals surface area contributed by atoms with Gasteiger partial charge < -0.3 is 14.8 Å². The maximum atomic E-state index is 5.94. The van der Waals surface area contributed by atoms with Crippen molar-refractivity contribution in [1.82, 2.24) is 5.32 Å². The number of ether oxygens (including phenoxy) is 2. The molecule has 1 aliphatic rings. The first-order valence-electron chi connectivity index (χ1n) is 7.03. The average molecular weight is 328 g/mol. The van der Waals surface area contributed by atoms with E-state index in [1.807, 2.05) is 12.1 Å². The molecule has 1 atom stereocenters. The molecule has 0 saturated carbocycles. The predicted octanol–water partition coefficient (Wildman–Crippen LogP) is 3.51. The van der Waals surface area contributed by atoms with Crippen molar-refractivity contribution in [2.24, 2.45) is 0 Å². The standard InChI is InChI=1S/C15H22BrNO2/c1-2-17-10-12-9-13(16)6-7-15(12)19-11-14-5-3-4-8-18-14/h6-7,9,14,17H,2-5,8,10-11H2,1H3. The Labute approximate surface area is 123 Å². The number of hydrogen-bond acceptors (Lipinski definition) is 3. The summed E-state index contributed by atoms with van der Waals surface area (Å²) in [5.41, 5.74) is 1.19. The molecule has 0 spiro atoms. The minimum atomic E-state index is 0.254. The third-order valence-corrected chi connectivity index (χ3v) is 3.78. The SMILES string of the molecule is CCNCc1cc(Br)ccc1OCC1CCCCO1. The maximum absolute atomic E-state index is 5.94. The number of benzene rings is 1.